The van der Waals surface area contributed by atoms with Gasteiger partial charge in [-0.05, 0) is 38.0 Å². The van der Waals surface area contributed by atoms with Crippen LogP contribution in [0.4, 0.5) is 10.5 Å². The average molecular weight is 262 g/mol. The second-order valence-corrected chi connectivity index (χ2v) is 4.07. The van der Waals surface area contributed by atoms with Gasteiger partial charge in [0.1, 0.15) is 0 Å². The van der Waals surface area contributed by atoms with E-state index < -0.39 is 5.97 Å². The summed E-state index contributed by atoms with van der Waals surface area (Å²) in [5, 5.41) is 14.2. The van der Waals surface area contributed by atoms with Crippen molar-refractivity contribution in [3.63, 3.8) is 0 Å². The van der Waals surface area contributed by atoms with E-state index in [9.17, 15) is 9.59 Å². The van der Waals surface area contributed by atoms with Crippen LogP contribution < -0.4 is 10.6 Å². The van der Waals surface area contributed by atoms with Gasteiger partial charge in [0.15, 0.2) is 0 Å². The van der Waals surface area contributed by atoms with Gasteiger partial charge in [-0.2, -0.15) is 0 Å². The van der Waals surface area contributed by atoms with Crippen LogP contribution in [0.25, 0.3) is 0 Å². The summed E-state index contributed by atoms with van der Waals surface area (Å²) >= 11 is 0. The van der Waals surface area contributed by atoms with Gasteiger partial charge in [-0.3, -0.25) is 0 Å². The second kappa shape index (κ2) is 7.20. The molecule has 0 unspecified atom stereocenters. The van der Waals surface area contributed by atoms with Crippen molar-refractivity contribution in [1.82, 2.24) is 5.32 Å². The molecule has 0 aliphatic rings. The molecule has 0 bridgehead atoms. The molecule has 102 valence electrons. The minimum absolute atomic E-state index is 0.148. The number of allylic oxidation sites excluding steroid dienone is 1. The van der Waals surface area contributed by atoms with Crippen molar-refractivity contribution in [2.45, 2.75) is 20.3 Å². The SMILES string of the molecule is C/C=C/CCNC(=O)Nc1cc(C(=O)O)ccc1C. The number of benzene rings is 1. The lowest BCUT2D eigenvalue weighted by Crippen LogP contribution is -2.29. The first-order valence-corrected chi connectivity index (χ1v) is 6.04. The average Bonchev–Trinajstić information content (AvgIpc) is 2.37. The summed E-state index contributed by atoms with van der Waals surface area (Å²) in [4.78, 5) is 22.5. The fourth-order valence-electron chi connectivity index (χ4n) is 1.49. The first kappa shape index (κ1) is 14.8. The molecule has 0 heterocycles. The summed E-state index contributed by atoms with van der Waals surface area (Å²) in [5.74, 6) is -1.02. The summed E-state index contributed by atoms with van der Waals surface area (Å²) in [6.07, 6.45) is 4.63. The molecule has 0 atom stereocenters. The van der Waals surface area contributed by atoms with Crippen molar-refractivity contribution in [2.24, 2.45) is 0 Å². The van der Waals surface area contributed by atoms with E-state index in [1.165, 1.54) is 12.1 Å². The molecule has 0 saturated heterocycles. The maximum atomic E-state index is 11.6. The van der Waals surface area contributed by atoms with E-state index in [2.05, 4.69) is 10.6 Å². The van der Waals surface area contributed by atoms with E-state index in [0.717, 1.165) is 12.0 Å². The van der Waals surface area contributed by atoms with Gasteiger partial charge < -0.3 is 15.7 Å². The van der Waals surface area contributed by atoms with Crippen LogP contribution in [-0.4, -0.2) is 23.7 Å². The number of carboxylic acid groups (broad SMARTS) is 1. The number of amides is 2. The van der Waals surface area contributed by atoms with E-state index >= 15 is 0 Å². The van der Waals surface area contributed by atoms with E-state index in [1.807, 2.05) is 19.1 Å². The number of aromatic carboxylic acids is 1. The van der Waals surface area contributed by atoms with E-state index in [1.54, 1.807) is 13.0 Å². The van der Waals surface area contributed by atoms with Crippen molar-refractivity contribution in [2.75, 3.05) is 11.9 Å². The molecule has 0 spiro atoms. The van der Waals surface area contributed by atoms with Crippen molar-refractivity contribution in [3.8, 4) is 0 Å². The molecule has 2 amide bonds. The molecule has 5 nitrogen and oxygen atoms in total. The molecule has 1 rings (SSSR count). The minimum atomic E-state index is -1.02. The van der Waals surface area contributed by atoms with Crippen LogP contribution in [0.5, 0.6) is 0 Å². The molecule has 0 saturated carbocycles. The van der Waals surface area contributed by atoms with Crippen LogP contribution in [0, 0.1) is 6.92 Å². The number of hydrogen-bond acceptors (Lipinski definition) is 2. The molecule has 3 N–H and O–H groups in total. The van der Waals surface area contributed by atoms with Crippen molar-refractivity contribution < 1.29 is 14.7 Å². The molecule has 1 aromatic rings. The smallest absolute Gasteiger partial charge is 0.335 e. The normalized spacial score (nSPS) is 10.4. The maximum absolute atomic E-state index is 11.6. The molecule has 5 heteroatoms. The van der Waals surface area contributed by atoms with Gasteiger partial charge in [-0.25, -0.2) is 9.59 Å². The number of nitrogens with one attached hydrogen (secondary N) is 2. The summed E-state index contributed by atoms with van der Waals surface area (Å²) in [6.45, 7) is 4.26. The van der Waals surface area contributed by atoms with Crippen LogP contribution in [0.2, 0.25) is 0 Å². The third-order valence-electron chi connectivity index (χ3n) is 2.56. The highest BCUT2D eigenvalue weighted by molar-refractivity contribution is 5.93. The van der Waals surface area contributed by atoms with Gasteiger partial charge in [-0.15, -0.1) is 0 Å². The Balaban J connectivity index is 2.63. The quantitative estimate of drug-likeness (QED) is 0.564. The number of rotatable bonds is 5. The number of anilines is 1. The standard InChI is InChI=1S/C14H18N2O3/c1-3-4-5-8-15-14(19)16-12-9-11(13(17)18)7-6-10(12)2/h3-4,6-7,9H,5,8H2,1-2H3,(H,17,18)(H2,15,16,19)/b4-3+. The fraction of sp³-hybridized carbons (Fsp3) is 0.286. The van der Waals surface area contributed by atoms with Crippen LogP contribution >= 0.6 is 0 Å². The number of hydrogen-bond donors (Lipinski definition) is 3. The van der Waals surface area contributed by atoms with E-state index in [0.29, 0.717) is 12.2 Å². The van der Waals surface area contributed by atoms with Crippen molar-refractivity contribution in [3.05, 3.63) is 41.5 Å². The predicted molar refractivity (Wildman–Crippen MR) is 74.6 cm³/mol. The number of carbonyl (C=O) groups is 2. The van der Waals surface area contributed by atoms with E-state index in [4.69, 9.17) is 5.11 Å². The Morgan fingerprint density at radius 2 is 2.11 bits per heavy atom. The molecule has 0 radical (unpaired) electrons. The molecular weight excluding hydrogens is 244 g/mol. The van der Waals surface area contributed by atoms with Crippen molar-refractivity contribution >= 4 is 17.7 Å². The van der Waals surface area contributed by atoms with Crippen LogP contribution in [0.15, 0.2) is 30.4 Å². The molecule has 0 aromatic heterocycles. The Hall–Kier alpha value is -2.30. The third kappa shape index (κ3) is 4.83. The Morgan fingerprint density at radius 3 is 2.74 bits per heavy atom. The van der Waals surface area contributed by atoms with Gasteiger partial charge >= 0.3 is 12.0 Å². The second-order valence-electron chi connectivity index (χ2n) is 4.07. The largest absolute Gasteiger partial charge is 0.478 e. The monoisotopic (exact) mass is 262 g/mol. The predicted octanol–water partition coefficient (Wildman–Crippen LogP) is 2.78. The molecule has 0 aliphatic heterocycles. The van der Waals surface area contributed by atoms with Crippen LogP contribution in [-0.2, 0) is 0 Å². The lowest BCUT2D eigenvalue weighted by molar-refractivity contribution is 0.0697. The molecule has 0 fully saturated rings. The Kier molecular flexibility index (Phi) is 5.60. The van der Waals surface area contributed by atoms with Gasteiger partial charge in [0, 0.05) is 12.2 Å². The van der Waals surface area contributed by atoms with Gasteiger partial charge in [0.2, 0.25) is 0 Å². The van der Waals surface area contributed by atoms with Gasteiger partial charge in [0.05, 0.1) is 5.56 Å². The zero-order valence-corrected chi connectivity index (χ0v) is 11.1. The summed E-state index contributed by atoms with van der Waals surface area (Å²) in [5.41, 5.74) is 1.46. The van der Waals surface area contributed by atoms with Gasteiger partial charge in [0.25, 0.3) is 0 Å². The maximum Gasteiger partial charge on any atom is 0.335 e. The Labute approximate surface area is 112 Å². The molecular formula is C14H18N2O3. The number of aryl methyl sites for hydroxylation is 1. The van der Waals surface area contributed by atoms with Crippen LogP contribution in [0.3, 0.4) is 0 Å². The first-order chi connectivity index (χ1) is 9.04. The fourth-order valence-corrected chi connectivity index (χ4v) is 1.49. The van der Waals surface area contributed by atoms with Gasteiger partial charge in [-0.1, -0.05) is 18.2 Å². The van der Waals surface area contributed by atoms with Crippen LogP contribution in [0.1, 0.15) is 29.3 Å². The highest BCUT2D eigenvalue weighted by atomic mass is 16.4. The highest BCUT2D eigenvalue weighted by Gasteiger charge is 2.08. The zero-order chi connectivity index (χ0) is 14.3. The first-order valence-electron chi connectivity index (χ1n) is 6.04. The number of carbonyl (C=O) groups excluding carboxylic acids is 1. The third-order valence-corrected chi connectivity index (χ3v) is 2.56. The topological polar surface area (TPSA) is 78.4 Å². The molecule has 0 aliphatic carbocycles. The molecule has 19 heavy (non-hydrogen) atoms. The highest BCUT2D eigenvalue weighted by Crippen LogP contribution is 2.16. The Bertz CT molecular complexity index is 495. The summed E-state index contributed by atoms with van der Waals surface area (Å²) in [7, 11) is 0. The summed E-state index contributed by atoms with van der Waals surface area (Å²) in [6, 6.07) is 4.28. The lowest BCUT2D eigenvalue weighted by Gasteiger charge is -2.10. The molecule has 1 aromatic carbocycles. The lowest BCUT2D eigenvalue weighted by atomic mass is 10.1. The number of carboxylic acids is 1. The zero-order valence-electron chi connectivity index (χ0n) is 11.1. The number of urea groups is 1. The summed E-state index contributed by atoms with van der Waals surface area (Å²) < 4.78 is 0. The Morgan fingerprint density at radius 1 is 1.37 bits per heavy atom. The van der Waals surface area contributed by atoms with Crippen molar-refractivity contribution in [1.29, 1.82) is 0 Å². The minimum Gasteiger partial charge on any atom is -0.478 e. The van der Waals surface area contributed by atoms with E-state index in [-0.39, 0.29) is 11.6 Å².